The van der Waals surface area contributed by atoms with Gasteiger partial charge >= 0.3 is 0 Å². The third kappa shape index (κ3) is 2.05. The van der Waals surface area contributed by atoms with Crippen LogP contribution in [-0.2, 0) is 0 Å². The molecule has 0 atom stereocenters. The average Bonchev–Trinajstić information content (AvgIpc) is 2.36. The Hall–Kier alpha value is -1.76. The Kier molecular flexibility index (Phi) is 3.19. The molecule has 1 radical (unpaired) electrons. The fraction of sp³-hybridized carbons (Fsp3) is 0.250. The van der Waals surface area contributed by atoms with E-state index in [0.29, 0.717) is 0 Å². The first-order valence-electron chi connectivity index (χ1n) is 5.77. The molecule has 2 aromatic carbocycles. The van der Waals surface area contributed by atoms with E-state index in [9.17, 15) is 0 Å². The highest BCUT2D eigenvalue weighted by atomic mass is 16.5. The third-order valence-electron chi connectivity index (χ3n) is 3.34. The summed E-state index contributed by atoms with van der Waals surface area (Å²) in [5, 5.41) is 0. The van der Waals surface area contributed by atoms with Gasteiger partial charge in [0, 0.05) is 5.56 Å². The molecule has 0 N–H and O–H groups in total. The lowest BCUT2D eigenvalue weighted by atomic mass is 9.94. The Bertz CT molecular complexity index is 541. The molecule has 1 heteroatoms. The van der Waals surface area contributed by atoms with Crippen LogP contribution in [-0.4, -0.2) is 7.11 Å². The Morgan fingerprint density at radius 1 is 1.00 bits per heavy atom. The number of hydrogen-bond acceptors (Lipinski definition) is 1. The van der Waals surface area contributed by atoms with Crippen LogP contribution in [0.25, 0.3) is 11.1 Å². The van der Waals surface area contributed by atoms with Crippen LogP contribution >= 0.6 is 0 Å². The SMILES string of the molecule is COc1ccccc1-c1[c]cc(C)c(C)c1C. The maximum Gasteiger partial charge on any atom is 0.126 e. The second kappa shape index (κ2) is 4.62. The van der Waals surface area contributed by atoms with Crippen molar-refractivity contribution in [3.8, 4) is 16.9 Å². The van der Waals surface area contributed by atoms with Gasteiger partial charge in [0.25, 0.3) is 0 Å². The predicted molar refractivity (Wildman–Crippen MR) is 71.5 cm³/mol. The average molecular weight is 225 g/mol. The second-order valence-electron chi connectivity index (χ2n) is 4.30. The highest BCUT2D eigenvalue weighted by Crippen LogP contribution is 2.33. The van der Waals surface area contributed by atoms with Crippen LogP contribution in [0.5, 0.6) is 5.75 Å². The van der Waals surface area contributed by atoms with Crippen molar-refractivity contribution in [2.45, 2.75) is 20.8 Å². The zero-order valence-corrected chi connectivity index (χ0v) is 10.8. The molecule has 0 saturated heterocycles. The van der Waals surface area contributed by atoms with E-state index in [1.165, 1.54) is 16.7 Å². The molecule has 0 fully saturated rings. The van der Waals surface area contributed by atoms with E-state index in [2.05, 4.69) is 32.9 Å². The quantitative estimate of drug-likeness (QED) is 0.748. The fourth-order valence-electron chi connectivity index (χ4n) is 2.01. The van der Waals surface area contributed by atoms with E-state index in [1.807, 2.05) is 24.3 Å². The van der Waals surface area contributed by atoms with Gasteiger partial charge in [-0.25, -0.2) is 0 Å². The lowest BCUT2D eigenvalue weighted by Crippen LogP contribution is -1.93. The van der Waals surface area contributed by atoms with Gasteiger partial charge in [0.05, 0.1) is 7.11 Å². The number of para-hydroxylation sites is 1. The van der Waals surface area contributed by atoms with Gasteiger partial charge in [-0.1, -0.05) is 24.3 Å². The molecular formula is C16H17O. The Balaban J connectivity index is 2.65. The van der Waals surface area contributed by atoms with E-state index < -0.39 is 0 Å². The van der Waals surface area contributed by atoms with Gasteiger partial charge in [-0.3, -0.25) is 0 Å². The number of methoxy groups -OCH3 is 1. The molecule has 0 heterocycles. The number of ether oxygens (including phenoxy) is 1. The molecule has 0 bridgehead atoms. The van der Waals surface area contributed by atoms with Crippen molar-refractivity contribution in [3.05, 3.63) is 53.1 Å². The Labute approximate surface area is 103 Å². The van der Waals surface area contributed by atoms with Crippen LogP contribution < -0.4 is 4.74 Å². The summed E-state index contributed by atoms with van der Waals surface area (Å²) < 4.78 is 5.40. The molecule has 2 rings (SSSR count). The zero-order valence-electron chi connectivity index (χ0n) is 10.8. The van der Waals surface area contributed by atoms with E-state index in [1.54, 1.807) is 7.11 Å². The van der Waals surface area contributed by atoms with Crippen molar-refractivity contribution in [1.29, 1.82) is 0 Å². The van der Waals surface area contributed by atoms with Gasteiger partial charge in [0.15, 0.2) is 0 Å². The number of benzene rings is 2. The molecule has 0 amide bonds. The van der Waals surface area contributed by atoms with E-state index in [-0.39, 0.29) is 0 Å². The maximum absolute atomic E-state index is 5.40. The zero-order chi connectivity index (χ0) is 12.4. The first-order valence-corrected chi connectivity index (χ1v) is 5.77. The van der Waals surface area contributed by atoms with Crippen molar-refractivity contribution in [3.63, 3.8) is 0 Å². The second-order valence-corrected chi connectivity index (χ2v) is 4.30. The summed E-state index contributed by atoms with van der Waals surface area (Å²) in [4.78, 5) is 0. The van der Waals surface area contributed by atoms with Crippen LogP contribution in [0.4, 0.5) is 0 Å². The van der Waals surface area contributed by atoms with Gasteiger partial charge < -0.3 is 4.74 Å². The Morgan fingerprint density at radius 3 is 2.41 bits per heavy atom. The van der Waals surface area contributed by atoms with Crippen molar-refractivity contribution in [2.24, 2.45) is 0 Å². The predicted octanol–water partition coefficient (Wildman–Crippen LogP) is 4.09. The highest BCUT2D eigenvalue weighted by molar-refractivity contribution is 5.74. The minimum atomic E-state index is 0.898. The molecule has 1 nitrogen and oxygen atoms in total. The van der Waals surface area contributed by atoms with Crippen LogP contribution in [0.3, 0.4) is 0 Å². The van der Waals surface area contributed by atoms with E-state index in [0.717, 1.165) is 16.9 Å². The van der Waals surface area contributed by atoms with Gasteiger partial charge in [0.1, 0.15) is 5.75 Å². The largest absolute Gasteiger partial charge is 0.496 e. The summed E-state index contributed by atoms with van der Waals surface area (Å²) in [5.74, 6) is 0.898. The molecule has 2 aromatic rings. The summed E-state index contributed by atoms with van der Waals surface area (Å²) >= 11 is 0. The number of aryl methyl sites for hydroxylation is 1. The molecule has 0 aromatic heterocycles. The van der Waals surface area contributed by atoms with Crippen LogP contribution in [0, 0.1) is 26.8 Å². The molecule has 0 aliphatic rings. The smallest absolute Gasteiger partial charge is 0.126 e. The van der Waals surface area contributed by atoms with Crippen molar-refractivity contribution in [2.75, 3.05) is 7.11 Å². The van der Waals surface area contributed by atoms with Crippen molar-refractivity contribution in [1.82, 2.24) is 0 Å². The topological polar surface area (TPSA) is 9.23 Å². The molecule has 87 valence electrons. The molecule has 0 unspecified atom stereocenters. The van der Waals surface area contributed by atoms with Gasteiger partial charge in [0.2, 0.25) is 0 Å². The van der Waals surface area contributed by atoms with Crippen LogP contribution in [0.2, 0.25) is 0 Å². The maximum atomic E-state index is 5.40. The molecule has 0 saturated carbocycles. The monoisotopic (exact) mass is 225 g/mol. The lowest BCUT2D eigenvalue weighted by molar-refractivity contribution is 0.416. The summed E-state index contributed by atoms with van der Waals surface area (Å²) in [6.07, 6.45) is 0. The fourth-order valence-corrected chi connectivity index (χ4v) is 2.01. The van der Waals surface area contributed by atoms with Crippen molar-refractivity contribution < 1.29 is 4.74 Å². The summed E-state index contributed by atoms with van der Waals surface area (Å²) in [6.45, 7) is 6.41. The highest BCUT2D eigenvalue weighted by Gasteiger charge is 2.10. The molecule has 0 aliphatic heterocycles. The van der Waals surface area contributed by atoms with E-state index in [4.69, 9.17) is 4.74 Å². The Morgan fingerprint density at radius 2 is 1.71 bits per heavy atom. The summed E-state index contributed by atoms with van der Waals surface area (Å²) in [7, 11) is 1.70. The van der Waals surface area contributed by atoms with Gasteiger partial charge in [-0.2, -0.15) is 0 Å². The lowest BCUT2D eigenvalue weighted by Gasteiger charge is -2.13. The molecule has 0 spiro atoms. The summed E-state index contributed by atoms with van der Waals surface area (Å²) in [6, 6.07) is 13.5. The van der Waals surface area contributed by atoms with E-state index >= 15 is 0 Å². The van der Waals surface area contributed by atoms with Crippen LogP contribution in [0.15, 0.2) is 30.3 Å². The first kappa shape index (κ1) is 11.7. The van der Waals surface area contributed by atoms with Gasteiger partial charge in [-0.15, -0.1) is 0 Å². The van der Waals surface area contributed by atoms with Crippen LogP contribution in [0.1, 0.15) is 16.7 Å². The summed E-state index contributed by atoms with van der Waals surface area (Å²) in [5.41, 5.74) is 6.11. The minimum absolute atomic E-state index is 0.898. The van der Waals surface area contributed by atoms with Crippen molar-refractivity contribution >= 4 is 0 Å². The first-order chi connectivity index (χ1) is 8.15. The standard InChI is InChI=1S/C16H17O/c1-11-9-10-14(13(3)12(11)2)15-7-5-6-8-16(15)17-4/h5-9H,1-4H3. The molecule has 17 heavy (non-hydrogen) atoms. The molecular weight excluding hydrogens is 208 g/mol. The third-order valence-corrected chi connectivity index (χ3v) is 3.34. The number of rotatable bonds is 2. The van der Waals surface area contributed by atoms with Gasteiger partial charge in [-0.05, 0) is 55.2 Å². The normalized spacial score (nSPS) is 10.4. The number of hydrogen-bond donors (Lipinski definition) is 0. The molecule has 0 aliphatic carbocycles. The minimum Gasteiger partial charge on any atom is -0.496 e.